The molecule has 1 rings (SSSR count). The van der Waals surface area contributed by atoms with E-state index >= 15 is 0 Å². The predicted molar refractivity (Wildman–Crippen MR) is 73.1 cm³/mol. The van der Waals surface area contributed by atoms with E-state index in [0.717, 1.165) is 25.9 Å². The second-order valence-electron chi connectivity index (χ2n) is 5.41. The van der Waals surface area contributed by atoms with Gasteiger partial charge in [0.2, 0.25) is 0 Å². The average Bonchev–Trinajstić information content (AvgIpc) is 2.35. The largest absolute Gasteiger partial charge is 0.480 e. The van der Waals surface area contributed by atoms with E-state index < -0.39 is 5.97 Å². The van der Waals surface area contributed by atoms with Crippen LogP contribution < -0.4 is 5.32 Å². The third-order valence-electron chi connectivity index (χ3n) is 3.46. The van der Waals surface area contributed by atoms with Crippen molar-refractivity contribution in [3.05, 3.63) is 0 Å². The Morgan fingerprint density at radius 3 is 2.68 bits per heavy atom. The van der Waals surface area contributed by atoms with E-state index in [4.69, 9.17) is 5.11 Å². The zero-order valence-corrected chi connectivity index (χ0v) is 12.1. The molecule has 6 nitrogen and oxygen atoms in total. The third kappa shape index (κ3) is 4.70. The van der Waals surface area contributed by atoms with Gasteiger partial charge in [-0.2, -0.15) is 0 Å². The van der Waals surface area contributed by atoms with E-state index in [1.54, 1.807) is 4.90 Å². The van der Waals surface area contributed by atoms with Gasteiger partial charge in [-0.1, -0.05) is 0 Å². The Kier molecular flexibility index (Phi) is 6.08. The molecule has 1 atom stereocenters. The number of nitrogens with one attached hydrogen (secondary N) is 1. The Morgan fingerprint density at radius 1 is 1.47 bits per heavy atom. The van der Waals surface area contributed by atoms with Crippen molar-refractivity contribution >= 4 is 12.0 Å². The number of rotatable bonds is 5. The third-order valence-corrected chi connectivity index (χ3v) is 3.46. The molecule has 0 radical (unpaired) electrons. The molecule has 110 valence electrons. The summed E-state index contributed by atoms with van der Waals surface area (Å²) in [5.41, 5.74) is 0. The highest BCUT2D eigenvalue weighted by Gasteiger charge is 2.29. The SMILES string of the molecule is CNCC1CCCN(C(=O)N(CC(=O)O)C(C)C)C1. The Hall–Kier alpha value is -1.30. The molecule has 1 heterocycles. The molecule has 0 spiro atoms. The van der Waals surface area contributed by atoms with Gasteiger partial charge < -0.3 is 20.2 Å². The Bertz CT molecular complexity index is 318. The Morgan fingerprint density at radius 2 is 2.16 bits per heavy atom. The van der Waals surface area contributed by atoms with Gasteiger partial charge in [0, 0.05) is 19.1 Å². The van der Waals surface area contributed by atoms with Crippen molar-refractivity contribution in [1.82, 2.24) is 15.1 Å². The molecule has 2 N–H and O–H groups in total. The lowest BCUT2D eigenvalue weighted by molar-refractivity contribution is -0.138. The van der Waals surface area contributed by atoms with E-state index in [9.17, 15) is 9.59 Å². The van der Waals surface area contributed by atoms with E-state index in [1.165, 1.54) is 4.90 Å². The first kappa shape index (κ1) is 15.8. The maximum absolute atomic E-state index is 12.4. The summed E-state index contributed by atoms with van der Waals surface area (Å²) in [5, 5.41) is 12.0. The van der Waals surface area contributed by atoms with Gasteiger partial charge >= 0.3 is 12.0 Å². The minimum absolute atomic E-state index is 0.103. The van der Waals surface area contributed by atoms with Crippen LogP contribution in [-0.2, 0) is 4.79 Å². The maximum Gasteiger partial charge on any atom is 0.323 e. The standard InChI is InChI=1S/C13H25N3O3/c1-10(2)16(9-12(17)18)13(19)15-6-4-5-11(8-15)7-14-3/h10-11,14H,4-9H2,1-3H3,(H,17,18). The van der Waals surface area contributed by atoms with Crippen LogP contribution in [0.5, 0.6) is 0 Å². The molecule has 0 aromatic heterocycles. The van der Waals surface area contributed by atoms with Gasteiger partial charge in [-0.25, -0.2) is 4.79 Å². The summed E-state index contributed by atoms with van der Waals surface area (Å²) in [6, 6.07) is -0.258. The molecule has 6 heteroatoms. The van der Waals surface area contributed by atoms with Gasteiger partial charge in [-0.05, 0) is 46.2 Å². The normalized spacial score (nSPS) is 19.6. The van der Waals surface area contributed by atoms with Crippen LogP contribution in [0.3, 0.4) is 0 Å². The molecular formula is C13H25N3O3. The van der Waals surface area contributed by atoms with E-state index in [0.29, 0.717) is 12.5 Å². The highest BCUT2D eigenvalue weighted by atomic mass is 16.4. The lowest BCUT2D eigenvalue weighted by Crippen LogP contribution is -2.52. The zero-order chi connectivity index (χ0) is 14.4. The fourth-order valence-corrected chi connectivity index (χ4v) is 2.49. The van der Waals surface area contributed by atoms with Crippen molar-refractivity contribution in [2.24, 2.45) is 5.92 Å². The fraction of sp³-hybridized carbons (Fsp3) is 0.846. The number of urea groups is 1. The number of piperidine rings is 1. The quantitative estimate of drug-likeness (QED) is 0.777. The number of hydrogen-bond acceptors (Lipinski definition) is 3. The molecule has 1 fully saturated rings. The van der Waals surface area contributed by atoms with Gasteiger partial charge in [0.1, 0.15) is 6.54 Å². The van der Waals surface area contributed by atoms with Crippen molar-refractivity contribution in [3.8, 4) is 0 Å². The molecule has 19 heavy (non-hydrogen) atoms. The molecule has 0 bridgehead atoms. The molecule has 2 amide bonds. The van der Waals surface area contributed by atoms with Gasteiger partial charge in [-0.3, -0.25) is 4.79 Å². The molecule has 1 unspecified atom stereocenters. The smallest absolute Gasteiger partial charge is 0.323 e. The lowest BCUT2D eigenvalue weighted by atomic mass is 9.98. The zero-order valence-electron chi connectivity index (χ0n) is 12.1. The summed E-state index contributed by atoms with van der Waals surface area (Å²) in [5.74, 6) is -0.507. The van der Waals surface area contributed by atoms with E-state index in [2.05, 4.69) is 5.32 Å². The number of amides is 2. The summed E-state index contributed by atoms with van der Waals surface area (Å²) >= 11 is 0. The summed E-state index contributed by atoms with van der Waals surface area (Å²) in [4.78, 5) is 26.4. The molecule has 1 aliphatic heterocycles. The van der Waals surface area contributed by atoms with Crippen molar-refractivity contribution < 1.29 is 14.7 Å². The second kappa shape index (κ2) is 7.33. The van der Waals surface area contributed by atoms with Gasteiger partial charge in [-0.15, -0.1) is 0 Å². The van der Waals surface area contributed by atoms with Gasteiger partial charge in [0.25, 0.3) is 0 Å². The summed E-state index contributed by atoms with van der Waals surface area (Å²) < 4.78 is 0. The van der Waals surface area contributed by atoms with Crippen LogP contribution in [-0.4, -0.2) is 66.2 Å². The molecule has 0 aromatic carbocycles. The molecule has 0 aromatic rings. The summed E-state index contributed by atoms with van der Waals surface area (Å²) in [6.45, 7) is 5.78. The van der Waals surface area contributed by atoms with Crippen molar-refractivity contribution in [2.75, 3.05) is 33.2 Å². The minimum Gasteiger partial charge on any atom is -0.480 e. The highest BCUT2D eigenvalue weighted by Crippen LogP contribution is 2.18. The van der Waals surface area contributed by atoms with Crippen LogP contribution in [0.2, 0.25) is 0 Å². The topological polar surface area (TPSA) is 72.9 Å². The number of carbonyl (C=O) groups excluding carboxylic acids is 1. The van der Waals surface area contributed by atoms with Crippen LogP contribution in [0.15, 0.2) is 0 Å². The number of carbonyl (C=O) groups is 2. The van der Waals surface area contributed by atoms with Crippen LogP contribution in [0.1, 0.15) is 26.7 Å². The number of aliphatic carboxylic acids is 1. The highest BCUT2D eigenvalue weighted by molar-refractivity contribution is 5.80. The van der Waals surface area contributed by atoms with Crippen molar-refractivity contribution in [2.45, 2.75) is 32.7 Å². The van der Waals surface area contributed by atoms with Crippen LogP contribution >= 0.6 is 0 Å². The van der Waals surface area contributed by atoms with Crippen molar-refractivity contribution in [3.63, 3.8) is 0 Å². The molecule has 1 saturated heterocycles. The summed E-state index contributed by atoms with van der Waals surface area (Å²) in [6.07, 6.45) is 2.10. The van der Waals surface area contributed by atoms with Crippen LogP contribution in [0.4, 0.5) is 4.79 Å². The maximum atomic E-state index is 12.4. The second-order valence-corrected chi connectivity index (χ2v) is 5.41. The average molecular weight is 271 g/mol. The van der Waals surface area contributed by atoms with Gasteiger partial charge in [0.05, 0.1) is 0 Å². The number of carboxylic acid groups (broad SMARTS) is 1. The molecule has 1 aliphatic rings. The van der Waals surface area contributed by atoms with Crippen molar-refractivity contribution in [1.29, 1.82) is 0 Å². The monoisotopic (exact) mass is 271 g/mol. The Labute approximate surface area is 114 Å². The number of likely N-dealkylation sites (tertiary alicyclic amines) is 1. The predicted octanol–water partition coefficient (Wildman–Crippen LogP) is 0.833. The van der Waals surface area contributed by atoms with Gasteiger partial charge in [0.15, 0.2) is 0 Å². The molecule has 0 saturated carbocycles. The number of hydrogen-bond donors (Lipinski definition) is 2. The number of nitrogens with zero attached hydrogens (tertiary/aromatic N) is 2. The van der Waals surface area contributed by atoms with Crippen LogP contribution in [0.25, 0.3) is 0 Å². The fourth-order valence-electron chi connectivity index (χ4n) is 2.49. The van der Waals surface area contributed by atoms with E-state index in [-0.39, 0.29) is 18.6 Å². The summed E-state index contributed by atoms with van der Waals surface area (Å²) in [7, 11) is 1.91. The lowest BCUT2D eigenvalue weighted by Gasteiger charge is -2.37. The Balaban J connectivity index is 2.65. The first-order chi connectivity index (χ1) is 8.95. The minimum atomic E-state index is -0.967. The molecule has 0 aliphatic carbocycles. The number of carboxylic acids is 1. The van der Waals surface area contributed by atoms with E-state index in [1.807, 2.05) is 20.9 Å². The first-order valence-corrected chi connectivity index (χ1v) is 6.87. The molecular weight excluding hydrogens is 246 g/mol. The van der Waals surface area contributed by atoms with Crippen LogP contribution in [0, 0.1) is 5.92 Å². The first-order valence-electron chi connectivity index (χ1n) is 6.87.